The summed E-state index contributed by atoms with van der Waals surface area (Å²) in [6.45, 7) is 0.916. The van der Waals surface area contributed by atoms with Gasteiger partial charge in [-0.2, -0.15) is 0 Å². The molecule has 4 heteroatoms. The standard InChI is InChI=1S/C9H13N3O/c10-12-9(13)7-11-6-8-4-2-1-3-5-8/h1-5,11H,6-7,10H2,(H,12,13). The van der Waals surface area contributed by atoms with Gasteiger partial charge in [0.1, 0.15) is 0 Å². The number of amides is 1. The van der Waals surface area contributed by atoms with E-state index in [0.717, 1.165) is 5.56 Å². The van der Waals surface area contributed by atoms with E-state index in [1.54, 1.807) is 0 Å². The summed E-state index contributed by atoms with van der Waals surface area (Å²) in [7, 11) is 0. The fourth-order valence-electron chi connectivity index (χ4n) is 0.967. The molecule has 0 saturated heterocycles. The predicted octanol–water partition coefficient (Wildman–Crippen LogP) is -0.234. The minimum absolute atomic E-state index is 0.212. The molecule has 0 aliphatic carbocycles. The summed E-state index contributed by atoms with van der Waals surface area (Å²) < 4.78 is 0. The molecule has 1 aromatic rings. The number of carbonyl (C=O) groups excluding carboxylic acids is 1. The normalized spacial score (nSPS) is 9.62. The average molecular weight is 179 g/mol. The van der Waals surface area contributed by atoms with Crippen molar-refractivity contribution < 1.29 is 4.79 Å². The SMILES string of the molecule is NNC(=O)CNCc1ccccc1. The van der Waals surface area contributed by atoms with E-state index in [1.165, 1.54) is 0 Å². The Morgan fingerprint density at radius 3 is 2.62 bits per heavy atom. The largest absolute Gasteiger partial charge is 0.304 e. The first-order chi connectivity index (χ1) is 6.33. The molecule has 13 heavy (non-hydrogen) atoms. The second-order valence-corrected chi connectivity index (χ2v) is 2.66. The van der Waals surface area contributed by atoms with Crippen LogP contribution in [0.25, 0.3) is 0 Å². The van der Waals surface area contributed by atoms with E-state index in [4.69, 9.17) is 5.84 Å². The fourth-order valence-corrected chi connectivity index (χ4v) is 0.967. The van der Waals surface area contributed by atoms with E-state index >= 15 is 0 Å². The minimum atomic E-state index is -0.212. The van der Waals surface area contributed by atoms with Gasteiger partial charge in [-0.3, -0.25) is 10.2 Å². The summed E-state index contributed by atoms with van der Waals surface area (Å²) in [5.41, 5.74) is 3.20. The summed E-state index contributed by atoms with van der Waals surface area (Å²) >= 11 is 0. The van der Waals surface area contributed by atoms with Crippen LogP contribution in [0.1, 0.15) is 5.56 Å². The van der Waals surface area contributed by atoms with Gasteiger partial charge in [0.25, 0.3) is 0 Å². The number of rotatable bonds is 4. The average Bonchev–Trinajstić information content (AvgIpc) is 2.19. The van der Waals surface area contributed by atoms with Gasteiger partial charge in [0.2, 0.25) is 5.91 Å². The first kappa shape index (κ1) is 9.70. The molecule has 0 radical (unpaired) electrons. The Bertz CT molecular complexity index is 261. The number of hydrogen-bond acceptors (Lipinski definition) is 3. The summed E-state index contributed by atoms with van der Waals surface area (Å²) in [5, 5.41) is 2.96. The van der Waals surface area contributed by atoms with Crippen molar-refractivity contribution in [2.45, 2.75) is 6.54 Å². The first-order valence-corrected chi connectivity index (χ1v) is 4.07. The van der Waals surface area contributed by atoms with Gasteiger partial charge in [-0.05, 0) is 5.56 Å². The zero-order valence-electron chi connectivity index (χ0n) is 7.29. The molecule has 0 bridgehead atoms. The molecular weight excluding hydrogens is 166 g/mol. The van der Waals surface area contributed by atoms with Crippen LogP contribution in [0.2, 0.25) is 0 Å². The van der Waals surface area contributed by atoms with Crippen LogP contribution in [0.5, 0.6) is 0 Å². The quantitative estimate of drug-likeness (QED) is 0.339. The molecule has 0 aromatic heterocycles. The minimum Gasteiger partial charge on any atom is -0.304 e. The highest BCUT2D eigenvalue weighted by Crippen LogP contribution is 1.96. The van der Waals surface area contributed by atoms with Crippen LogP contribution in [-0.2, 0) is 11.3 Å². The third-order valence-corrected chi connectivity index (χ3v) is 1.62. The fraction of sp³-hybridized carbons (Fsp3) is 0.222. The molecule has 0 heterocycles. The van der Waals surface area contributed by atoms with Crippen LogP contribution >= 0.6 is 0 Å². The highest BCUT2D eigenvalue weighted by molar-refractivity contribution is 5.77. The number of hydrazine groups is 1. The molecule has 70 valence electrons. The van der Waals surface area contributed by atoms with Crippen molar-refractivity contribution in [3.05, 3.63) is 35.9 Å². The Morgan fingerprint density at radius 1 is 1.31 bits per heavy atom. The van der Waals surface area contributed by atoms with Gasteiger partial charge < -0.3 is 5.32 Å². The molecule has 0 aliphatic heterocycles. The van der Waals surface area contributed by atoms with Crippen LogP contribution in [0, 0.1) is 0 Å². The van der Waals surface area contributed by atoms with E-state index < -0.39 is 0 Å². The lowest BCUT2D eigenvalue weighted by Gasteiger charge is -2.02. The molecule has 0 saturated carbocycles. The molecule has 4 nitrogen and oxygen atoms in total. The summed E-state index contributed by atoms with van der Waals surface area (Å²) in [4.78, 5) is 10.7. The highest BCUT2D eigenvalue weighted by Gasteiger charge is 1.96. The van der Waals surface area contributed by atoms with Gasteiger partial charge in [0, 0.05) is 6.54 Å². The van der Waals surface area contributed by atoms with Crippen molar-refractivity contribution in [2.24, 2.45) is 5.84 Å². The van der Waals surface area contributed by atoms with E-state index in [9.17, 15) is 4.79 Å². The van der Waals surface area contributed by atoms with E-state index in [0.29, 0.717) is 6.54 Å². The van der Waals surface area contributed by atoms with E-state index in [2.05, 4.69) is 5.32 Å². The maximum atomic E-state index is 10.7. The zero-order valence-corrected chi connectivity index (χ0v) is 7.29. The van der Waals surface area contributed by atoms with Crippen LogP contribution < -0.4 is 16.6 Å². The Kier molecular flexibility index (Phi) is 3.95. The second-order valence-electron chi connectivity index (χ2n) is 2.66. The van der Waals surface area contributed by atoms with Gasteiger partial charge >= 0.3 is 0 Å². The number of carbonyl (C=O) groups is 1. The number of hydrogen-bond donors (Lipinski definition) is 3. The van der Waals surface area contributed by atoms with Crippen LogP contribution in [0.4, 0.5) is 0 Å². The highest BCUT2D eigenvalue weighted by atomic mass is 16.2. The maximum absolute atomic E-state index is 10.7. The van der Waals surface area contributed by atoms with Gasteiger partial charge in [-0.15, -0.1) is 0 Å². The van der Waals surface area contributed by atoms with Crippen molar-refractivity contribution >= 4 is 5.91 Å². The Morgan fingerprint density at radius 2 is 2.00 bits per heavy atom. The van der Waals surface area contributed by atoms with Crippen molar-refractivity contribution in [1.82, 2.24) is 10.7 Å². The predicted molar refractivity (Wildman–Crippen MR) is 50.5 cm³/mol. The van der Waals surface area contributed by atoms with Crippen molar-refractivity contribution in [2.75, 3.05) is 6.54 Å². The lowest BCUT2D eigenvalue weighted by molar-refractivity contribution is -0.120. The molecule has 0 aliphatic rings. The van der Waals surface area contributed by atoms with Gasteiger partial charge in [-0.1, -0.05) is 30.3 Å². The molecular formula is C9H13N3O. The molecule has 0 fully saturated rings. The number of nitrogens with two attached hydrogens (primary N) is 1. The second kappa shape index (κ2) is 5.29. The molecule has 1 rings (SSSR count). The van der Waals surface area contributed by atoms with Crippen molar-refractivity contribution in [3.8, 4) is 0 Å². The monoisotopic (exact) mass is 179 g/mol. The molecule has 0 spiro atoms. The Hall–Kier alpha value is -1.39. The van der Waals surface area contributed by atoms with E-state index in [-0.39, 0.29) is 12.5 Å². The third-order valence-electron chi connectivity index (χ3n) is 1.62. The third kappa shape index (κ3) is 3.68. The van der Waals surface area contributed by atoms with Crippen molar-refractivity contribution in [3.63, 3.8) is 0 Å². The van der Waals surface area contributed by atoms with Gasteiger partial charge in [0.15, 0.2) is 0 Å². The molecule has 4 N–H and O–H groups in total. The molecule has 1 amide bonds. The Labute approximate surface area is 77.1 Å². The van der Waals surface area contributed by atoms with Crippen LogP contribution in [-0.4, -0.2) is 12.5 Å². The molecule has 0 atom stereocenters. The van der Waals surface area contributed by atoms with Gasteiger partial charge in [-0.25, -0.2) is 5.84 Å². The summed E-state index contributed by atoms with van der Waals surface area (Å²) in [5.74, 6) is 4.70. The first-order valence-electron chi connectivity index (χ1n) is 4.07. The molecule has 0 unspecified atom stereocenters. The molecule has 1 aromatic carbocycles. The van der Waals surface area contributed by atoms with Crippen LogP contribution in [0.3, 0.4) is 0 Å². The van der Waals surface area contributed by atoms with Crippen LogP contribution in [0.15, 0.2) is 30.3 Å². The Balaban J connectivity index is 2.24. The number of benzene rings is 1. The van der Waals surface area contributed by atoms with E-state index in [1.807, 2.05) is 35.8 Å². The summed E-state index contributed by atoms with van der Waals surface area (Å²) in [6, 6.07) is 9.86. The van der Waals surface area contributed by atoms with Gasteiger partial charge in [0.05, 0.1) is 6.54 Å². The zero-order chi connectivity index (χ0) is 9.52. The van der Waals surface area contributed by atoms with Crippen molar-refractivity contribution in [1.29, 1.82) is 0 Å². The number of nitrogens with one attached hydrogen (secondary N) is 2. The lowest BCUT2D eigenvalue weighted by atomic mass is 10.2. The maximum Gasteiger partial charge on any atom is 0.247 e. The lowest BCUT2D eigenvalue weighted by Crippen LogP contribution is -2.37. The smallest absolute Gasteiger partial charge is 0.247 e. The summed E-state index contributed by atoms with van der Waals surface area (Å²) in [6.07, 6.45) is 0. The topological polar surface area (TPSA) is 67.1 Å².